The molecule has 1 aliphatic heterocycles. The number of nitrogens with zero attached hydrogens (tertiary/aromatic N) is 1. The number of ether oxygens (including phenoxy) is 2. The highest BCUT2D eigenvalue weighted by atomic mass is 16.5. The molecule has 2 aromatic carbocycles. The minimum absolute atomic E-state index is 0.00747. The molecule has 0 atom stereocenters. The summed E-state index contributed by atoms with van der Waals surface area (Å²) in [6.07, 6.45) is 5.59. The van der Waals surface area contributed by atoms with Crippen LogP contribution >= 0.6 is 0 Å². The lowest BCUT2D eigenvalue weighted by Crippen LogP contribution is -2.41. The molecule has 0 aromatic heterocycles. The predicted molar refractivity (Wildman–Crippen MR) is 120 cm³/mol. The van der Waals surface area contributed by atoms with Crippen molar-refractivity contribution in [1.82, 2.24) is 5.32 Å². The molecular formula is C24H29N3O4. The number of rotatable bonds is 6. The number of amides is 3. The molecule has 2 aromatic rings. The fourth-order valence-corrected chi connectivity index (χ4v) is 4.01. The van der Waals surface area contributed by atoms with Gasteiger partial charge in [0.05, 0.1) is 12.2 Å². The summed E-state index contributed by atoms with van der Waals surface area (Å²) in [7, 11) is 0. The third kappa shape index (κ3) is 5.48. The van der Waals surface area contributed by atoms with Crippen LogP contribution in [0.25, 0.3) is 0 Å². The first kappa shape index (κ1) is 21.0. The lowest BCUT2D eigenvalue weighted by Gasteiger charge is -2.30. The van der Waals surface area contributed by atoms with Crippen molar-refractivity contribution in [3.63, 3.8) is 0 Å². The average molecular weight is 424 g/mol. The number of nitrogens with one attached hydrogen (secondary N) is 2. The fourth-order valence-electron chi connectivity index (χ4n) is 4.01. The molecule has 0 spiro atoms. The van der Waals surface area contributed by atoms with Crippen molar-refractivity contribution in [2.45, 2.75) is 45.1 Å². The maximum absolute atomic E-state index is 12.5. The van der Waals surface area contributed by atoms with Gasteiger partial charge in [-0.1, -0.05) is 37.0 Å². The minimum atomic E-state index is -0.218. The van der Waals surface area contributed by atoms with Gasteiger partial charge in [0.1, 0.15) is 18.1 Å². The van der Waals surface area contributed by atoms with E-state index >= 15 is 0 Å². The highest BCUT2D eigenvalue weighted by Gasteiger charge is 2.26. The molecule has 1 saturated carbocycles. The SMILES string of the molecule is Cc1ccc(OCCN2C(=O)COc3ccc(NC(=O)NC4CCCCC4)cc32)cc1. The van der Waals surface area contributed by atoms with Crippen LogP contribution in [0.5, 0.6) is 11.5 Å². The Morgan fingerprint density at radius 2 is 1.90 bits per heavy atom. The maximum Gasteiger partial charge on any atom is 0.319 e. The van der Waals surface area contributed by atoms with Crippen molar-refractivity contribution < 1.29 is 19.1 Å². The summed E-state index contributed by atoms with van der Waals surface area (Å²) < 4.78 is 11.4. The van der Waals surface area contributed by atoms with Gasteiger partial charge >= 0.3 is 6.03 Å². The molecule has 2 aliphatic rings. The molecule has 2 N–H and O–H groups in total. The van der Waals surface area contributed by atoms with Gasteiger partial charge in [0, 0.05) is 11.7 Å². The highest BCUT2D eigenvalue weighted by Crippen LogP contribution is 2.34. The van der Waals surface area contributed by atoms with Crippen LogP contribution in [0, 0.1) is 6.92 Å². The van der Waals surface area contributed by atoms with Crippen LogP contribution < -0.4 is 25.0 Å². The molecule has 1 fully saturated rings. The van der Waals surface area contributed by atoms with Crippen LogP contribution in [0.2, 0.25) is 0 Å². The number of anilines is 2. The summed E-state index contributed by atoms with van der Waals surface area (Å²) >= 11 is 0. The van der Waals surface area contributed by atoms with E-state index < -0.39 is 0 Å². The van der Waals surface area contributed by atoms with Crippen molar-refractivity contribution in [2.24, 2.45) is 0 Å². The number of aryl methyl sites for hydroxylation is 1. The normalized spacial score (nSPS) is 16.3. The predicted octanol–water partition coefficient (Wildman–Crippen LogP) is 4.25. The fraction of sp³-hybridized carbons (Fsp3) is 0.417. The number of carbonyl (C=O) groups excluding carboxylic acids is 2. The van der Waals surface area contributed by atoms with Crippen molar-refractivity contribution in [3.05, 3.63) is 48.0 Å². The molecule has 1 heterocycles. The monoisotopic (exact) mass is 423 g/mol. The molecule has 164 valence electrons. The largest absolute Gasteiger partial charge is 0.492 e. The topological polar surface area (TPSA) is 79.9 Å². The van der Waals surface area contributed by atoms with Gasteiger partial charge in [-0.3, -0.25) is 4.79 Å². The number of fused-ring (bicyclic) bond motifs is 1. The van der Waals surface area contributed by atoms with E-state index in [0.29, 0.717) is 30.3 Å². The highest BCUT2D eigenvalue weighted by molar-refractivity contribution is 5.99. The first-order chi connectivity index (χ1) is 15.1. The van der Waals surface area contributed by atoms with Gasteiger partial charge in [0.15, 0.2) is 6.61 Å². The second-order valence-corrected chi connectivity index (χ2v) is 8.11. The quantitative estimate of drug-likeness (QED) is 0.728. The van der Waals surface area contributed by atoms with Gasteiger partial charge in [-0.25, -0.2) is 4.79 Å². The second-order valence-electron chi connectivity index (χ2n) is 8.11. The third-order valence-corrected chi connectivity index (χ3v) is 5.70. The second kappa shape index (κ2) is 9.73. The smallest absolute Gasteiger partial charge is 0.319 e. The summed E-state index contributed by atoms with van der Waals surface area (Å²) in [6.45, 7) is 2.76. The third-order valence-electron chi connectivity index (χ3n) is 5.70. The summed E-state index contributed by atoms with van der Waals surface area (Å²) in [5.74, 6) is 1.25. The molecule has 4 rings (SSSR count). The Balaban J connectivity index is 1.39. The van der Waals surface area contributed by atoms with Crippen LogP contribution in [-0.4, -0.2) is 37.7 Å². The first-order valence-corrected chi connectivity index (χ1v) is 10.9. The van der Waals surface area contributed by atoms with Crippen molar-refractivity contribution in [1.29, 1.82) is 0 Å². The summed E-state index contributed by atoms with van der Waals surface area (Å²) in [5.41, 5.74) is 2.42. The Labute approximate surface area is 182 Å². The van der Waals surface area contributed by atoms with E-state index in [1.807, 2.05) is 31.2 Å². The van der Waals surface area contributed by atoms with Crippen LogP contribution in [0.3, 0.4) is 0 Å². The molecule has 1 aliphatic carbocycles. The van der Waals surface area contributed by atoms with Crippen molar-refractivity contribution in [3.8, 4) is 11.5 Å². The Morgan fingerprint density at radius 1 is 1.13 bits per heavy atom. The molecule has 0 saturated heterocycles. The molecular weight excluding hydrogens is 394 g/mol. The van der Waals surface area contributed by atoms with E-state index in [2.05, 4.69) is 10.6 Å². The first-order valence-electron chi connectivity index (χ1n) is 10.9. The van der Waals surface area contributed by atoms with Gasteiger partial charge < -0.3 is 25.0 Å². The van der Waals surface area contributed by atoms with E-state index in [1.54, 1.807) is 23.1 Å². The zero-order chi connectivity index (χ0) is 21.6. The average Bonchev–Trinajstić information content (AvgIpc) is 2.77. The zero-order valence-electron chi connectivity index (χ0n) is 17.9. The van der Waals surface area contributed by atoms with Crippen molar-refractivity contribution >= 4 is 23.3 Å². The molecule has 0 unspecified atom stereocenters. The van der Waals surface area contributed by atoms with E-state index in [0.717, 1.165) is 37.0 Å². The molecule has 7 heteroatoms. The number of benzene rings is 2. The van der Waals surface area contributed by atoms with Crippen LogP contribution in [0.4, 0.5) is 16.2 Å². The molecule has 3 amide bonds. The lowest BCUT2D eigenvalue weighted by molar-refractivity contribution is -0.121. The summed E-state index contributed by atoms with van der Waals surface area (Å²) in [6, 6.07) is 13.2. The Kier molecular flexibility index (Phi) is 6.60. The number of urea groups is 1. The number of hydrogen-bond acceptors (Lipinski definition) is 4. The Bertz CT molecular complexity index is 923. The molecule has 0 radical (unpaired) electrons. The number of carbonyl (C=O) groups is 2. The maximum atomic E-state index is 12.5. The van der Waals surface area contributed by atoms with Gasteiger partial charge in [-0.05, 0) is 50.1 Å². The van der Waals surface area contributed by atoms with Gasteiger partial charge in [-0.15, -0.1) is 0 Å². The minimum Gasteiger partial charge on any atom is -0.492 e. The van der Waals surface area contributed by atoms with Crippen LogP contribution in [-0.2, 0) is 4.79 Å². The Morgan fingerprint density at radius 3 is 2.68 bits per heavy atom. The van der Waals surface area contributed by atoms with Crippen molar-refractivity contribution in [2.75, 3.05) is 30.0 Å². The van der Waals surface area contributed by atoms with Gasteiger partial charge in [0.25, 0.3) is 5.91 Å². The van der Waals surface area contributed by atoms with E-state index in [4.69, 9.17) is 9.47 Å². The lowest BCUT2D eigenvalue weighted by atomic mass is 9.96. The Hall–Kier alpha value is -3.22. The molecule has 31 heavy (non-hydrogen) atoms. The molecule has 0 bridgehead atoms. The zero-order valence-corrected chi connectivity index (χ0v) is 17.9. The van der Waals surface area contributed by atoms with Crippen LogP contribution in [0.1, 0.15) is 37.7 Å². The van der Waals surface area contributed by atoms with E-state index in [-0.39, 0.29) is 24.6 Å². The van der Waals surface area contributed by atoms with Gasteiger partial charge in [0.2, 0.25) is 0 Å². The summed E-state index contributed by atoms with van der Waals surface area (Å²) in [5, 5.41) is 5.93. The standard InChI is InChI=1S/C24H29N3O4/c1-17-7-10-20(11-8-17)30-14-13-27-21-15-19(9-12-22(21)31-16-23(27)28)26-24(29)25-18-5-3-2-4-6-18/h7-12,15,18H,2-6,13-14,16H2,1H3,(H2,25,26,29). The van der Waals surface area contributed by atoms with E-state index in [1.165, 1.54) is 6.42 Å². The van der Waals surface area contributed by atoms with Crippen LogP contribution in [0.15, 0.2) is 42.5 Å². The van der Waals surface area contributed by atoms with Gasteiger partial charge in [-0.2, -0.15) is 0 Å². The van der Waals surface area contributed by atoms with E-state index in [9.17, 15) is 9.59 Å². The summed E-state index contributed by atoms with van der Waals surface area (Å²) in [4.78, 5) is 26.5. The number of hydrogen-bond donors (Lipinski definition) is 2. The molecule has 7 nitrogen and oxygen atoms in total.